The molecule has 0 spiro atoms. The second-order valence-electron chi connectivity index (χ2n) is 12.6. The van der Waals surface area contributed by atoms with E-state index in [2.05, 4.69) is 9.97 Å². The number of allylic oxidation sites excluding steroid dienone is 4. The van der Waals surface area contributed by atoms with Crippen LogP contribution in [-0.2, 0) is 6.61 Å². The number of aromatic nitrogens is 2. The number of aromatic carboxylic acids is 2. The number of phenolic OH excluding ortho intramolecular Hbond substituents is 1. The zero-order valence-corrected chi connectivity index (χ0v) is 31.4. The molecular weight excluding hydrogens is 689 g/mol. The molecule has 3 aromatic carbocycles. The summed E-state index contributed by atoms with van der Waals surface area (Å²) >= 11 is 0. The molecule has 5 aromatic rings. The Bertz CT molecular complexity index is 2220. The van der Waals surface area contributed by atoms with Crippen LogP contribution in [0, 0.1) is 18.6 Å². The Morgan fingerprint density at radius 3 is 1.85 bits per heavy atom. The monoisotopic (exact) mass is 724 g/mol. The molecule has 8 nitrogen and oxygen atoms in total. The maximum Gasteiger partial charge on any atom is 1.00 e. The van der Waals surface area contributed by atoms with E-state index >= 15 is 0 Å². The molecule has 0 saturated carbocycles. The van der Waals surface area contributed by atoms with Gasteiger partial charge in [-0.15, -0.1) is 0 Å². The molecule has 0 saturated heterocycles. The van der Waals surface area contributed by atoms with E-state index in [1.165, 1.54) is 48.0 Å². The first kappa shape index (κ1) is 39.1. The van der Waals surface area contributed by atoms with Gasteiger partial charge in [-0.05, 0) is 134 Å². The minimum absolute atomic E-state index is 0. The van der Waals surface area contributed by atoms with Crippen LogP contribution in [0.15, 0.2) is 97.1 Å². The molecule has 2 aromatic heterocycles. The summed E-state index contributed by atoms with van der Waals surface area (Å²) in [6.45, 7) is 2.40. The summed E-state index contributed by atoms with van der Waals surface area (Å²) in [5, 5.41) is 30.2. The normalized spacial score (nSPS) is 13.6. The number of hydrogen-bond donors (Lipinski definition) is 2. The number of carbonyl (C=O) groups excluding carboxylic acids is 1. The Morgan fingerprint density at radius 1 is 0.717 bits per heavy atom. The van der Waals surface area contributed by atoms with E-state index < -0.39 is 17.8 Å². The quantitative estimate of drug-likeness (QED) is 0.196. The Labute approximate surface area is 327 Å². The van der Waals surface area contributed by atoms with Crippen LogP contribution < -0.4 is 39.4 Å². The molecule has 11 heteroatoms. The number of aryl methyl sites for hydroxylation is 1. The van der Waals surface area contributed by atoms with Crippen molar-refractivity contribution < 1.29 is 68.0 Å². The molecule has 7 rings (SSSR count). The third kappa shape index (κ3) is 9.45. The smallest absolute Gasteiger partial charge is 0.543 e. The fourth-order valence-electron chi connectivity index (χ4n) is 6.54. The first-order valence-electron chi connectivity index (χ1n) is 16.9. The number of carbonyl (C=O) groups is 2. The van der Waals surface area contributed by atoms with Crippen molar-refractivity contribution in [1.29, 1.82) is 0 Å². The van der Waals surface area contributed by atoms with Gasteiger partial charge >= 0.3 is 35.5 Å². The Hall–Kier alpha value is -5.16. The third-order valence-electron chi connectivity index (χ3n) is 9.05. The largest absolute Gasteiger partial charge is 1.00 e. The number of phenols is 1. The van der Waals surface area contributed by atoms with E-state index in [1.807, 2.05) is 31.2 Å². The average molecular weight is 725 g/mol. The summed E-state index contributed by atoms with van der Waals surface area (Å²) in [5.74, 6) is -2.55. The molecule has 0 amide bonds. The molecule has 264 valence electrons. The van der Waals surface area contributed by atoms with Crippen LogP contribution in [0.3, 0.4) is 0 Å². The first-order valence-corrected chi connectivity index (χ1v) is 16.9. The second-order valence-corrected chi connectivity index (χ2v) is 12.6. The fourth-order valence-corrected chi connectivity index (χ4v) is 6.54. The van der Waals surface area contributed by atoms with Crippen molar-refractivity contribution in [2.75, 3.05) is 0 Å². The van der Waals surface area contributed by atoms with Gasteiger partial charge in [0.25, 0.3) is 0 Å². The van der Waals surface area contributed by atoms with Crippen LogP contribution in [0.2, 0.25) is 0 Å². The Morgan fingerprint density at radius 2 is 1.25 bits per heavy atom. The molecule has 0 radical (unpaired) electrons. The van der Waals surface area contributed by atoms with Crippen molar-refractivity contribution in [3.63, 3.8) is 0 Å². The van der Waals surface area contributed by atoms with E-state index in [1.54, 1.807) is 30.3 Å². The third-order valence-corrected chi connectivity index (χ3v) is 9.05. The number of halogens is 2. The number of hydrogen-bond acceptors (Lipinski definition) is 7. The number of nitrogens with zero attached hydrogens (tertiary/aromatic N) is 2. The molecular formula is C42H35F2N2NaO6. The van der Waals surface area contributed by atoms with Crippen LogP contribution in [0.1, 0.15) is 93.1 Å². The maximum atomic E-state index is 14.1. The van der Waals surface area contributed by atoms with Crippen molar-refractivity contribution >= 4 is 34.2 Å². The molecule has 0 bridgehead atoms. The van der Waals surface area contributed by atoms with Crippen LogP contribution >= 0.6 is 0 Å². The predicted molar refractivity (Wildman–Crippen MR) is 191 cm³/mol. The number of carboxylic acids is 2. The van der Waals surface area contributed by atoms with Gasteiger partial charge in [0.05, 0.1) is 23.1 Å². The number of pyridine rings is 2. The van der Waals surface area contributed by atoms with Gasteiger partial charge in [-0.1, -0.05) is 42.0 Å². The zero-order chi connectivity index (χ0) is 36.8. The molecule has 2 heterocycles. The number of benzene rings is 3. The molecule has 0 fully saturated rings. The maximum absolute atomic E-state index is 14.1. The standard InChI is InChI=1S/C25H22FNO3.C17H14FNO3.Na/c1-16-8-10-17(11-9-16)15-30-24-13-12-18(26)14-21(24)19-4-2-5-20(19)22-6-3-7-23(27-22)25(28)29;18-10-7-8-16(20)13(9-10)11-3-1-4-12(11)14-5-2-6-15(19-14)17(21)22;/h3,6-14H,2,4-5,15H2,1H3,(H,28,29);2,5-9,20H,1,3-4H2,(H,21,22);/q;;+1/p-1. The van der Waals surface area contributed by atoms with Crippen LogP contribution in [-0.4, -0.2) is 32.1 Å². The second kappa shape index (κ2) is 17.6. The summed E-state index contributed by atoms with van der Waals surface area (Å²) in [6, 6.07) is 26.1. The van der Waals surface area contributed by atoms with Gasteiger partial charge in [0.15, 0.2) is 0 Å². The average Bonchev–Trinajstić information content (AvgIpc) is 3.84. The van der Waals surface area contributed by atoms with Gasteiger partial charge in [0.1, 0.15) is 35.4 Å². The molecule has 0 atom stereocenters. The minimum atomic E-state index is -1.31. The van der Waals surface area contributed by atoms with E-state index in [-0.39, 0.29) is 52.5 Å². The molecule has 2 N–H and O–H groups in total. The SMILES string of the molecule is Cc1ccc(COc2ccc(F)cc2C2=C(c3cccc(C(=O)[O-])n3)CCC2)cc1.O=C(O)c1cccc(C2=C(c3cc(F)ccc3O)CCC2)n1.[Na+]. The van der Waals surface area contributed by atoms with Gasteiger partial charge in [0, 0.05) is 11.1 Å². The summed E-state index contributed by atoms with van der Waals surface area (Å²) < 4.78 is 33.7. The van der Waals surface area contributed by atoms with E-state index in [0.717, 1.165) is 60.0 Å². The summed E-state index contributed by atoms with van der Waals surface area (Å²) in [5.41, 5.74) is 7.91. The number of carboxylic acid groups (broad SMARTS) is 2. The van der Waals surface area contributed by atoms with Crippen LogP contribution in [0.25, 0.3) is 22.3 Å². The first-order chi connectivity index (χ1) is 25.1. The summed E-state index contributed by atoms with van der Waals surface area (Å²) in [6.07, 6.45) is 4.66. The molecule has 2 aliphatic carbocycles. The topological polar surface area (TPSA) is 133 Å². The minimum Gasteiger partial charge on any atom is -0.543 e. The summed E-state index contributed by atoms with van der Waals surface area (Å²) in [7, 11) is 0. The van der Waals surface area contributed by atoms with Crippen molar-refractivity contribution in [2.24, 2.45) is 0 Å². The van der Waals surface area contributed by atoms with E-state index in [4.69, 9.17) is 9.84 Å². The van der Waals surface area contributed by atoms with Gasteiger partial charge in [-0.3, -0.25) is 0 Å². The van der Waals surface area contributed by atoms with E-state index in [0.29, 0.717) is 41.3 Å². The Kier molecular flexibility index (Phi) is 12.9. The van der Waals surface area contributed by atoms with Crippen molar-refractivity contribution in [2.45, 2.75) is 52.1 Å². The predicted octanol–water partition coefficient (Wildman–Crippen LogP) is 5.29. The molecule has 2 aliphatic rings. The number of ether oxygens (including phenoxy) is 1. The van der Waals surface area contributed by atoms with Gasteiger partial charge in [-0.2, -0.15) is 0 Å². The van der Waals surface area contributed by atoms with Crippen LogP contribution in [0.5, 0.6) is 11.5 Å². The molecule has 53 heavy (non-hydrogen) atoms. The van der Waals surface area contributed by atoms with E-state index in [9.17, 15) is 28.6 Å². The van der Waals surface area contributed by atoms with Crippen LogP contribution in [0.4, 0.5) is 8.78 Å². The van der Waals surface area contributed by atoms with Crippen molar-refractivity contribution in [3.8, 4) is 11.5 Å². The van der Waals surface area contributed by atoms with Crippen molar-refractivity contribution in [3.05, 3.63) is 154 Å². The molecule has 0 unspecified atom stereocenters. The zero-order valence-electron chi connectivity index (χ0n) is 29.4. The van der Waals surface area contributed by atoms with Gasteiger partial charge < -0.3 is 24.9 Å². The molecule has 0 aliphatic heterocycles. The Balaban J connectivity index is 0.000000210. The van der Waals surface area contributed by atoms with Crippen molar-refractivity contribution in [1.82, 2.24) is 9.97 Å². The summed E-state index contributed by atoms with van der Waals surface area (Å²) in [4.78, 5) is 30.6. The van der Waals surface area contributed by atoms with Gasteiger partial charge in [0.2, 0.25) is 0 Å². The fraction of sp³-hybridized carbons (Fsp3) is 0.190. The number of aromatic hydroxyl groups is 1. The number of rotatable bonds is 9. The van der Waals surface area contributed by atoms with Gasteiger partial charge in [-0.25, -0.2) is 23.5 Å².